The van der Waals surface area contributed by atoms with E-state index < -0.39 is 22.0 Å². The van der Waals surface area contributed by atoms with Crippen LogP contribution >= 0.6 is 11.3 Å². The fraction of sp³-hybridized carbons (Fsp3) is 0.500. The van der Waals surface area contributed by atoms with Gasteiger partial charge in [0.25, 0.3) is 11.8 Å². The van der Waals surface area contributed by atoms with Crippen molar-refractivity contribution in [2.24, 2.45) is 0 Å². The molecule has 1 N–H and O–H groups in total. The summed E-state index contributed by atoms with van der Waals surface area (Å²) in [6.07, 6.45) is 0.0580. The van der Waals surface area contributed by atoms with Crippen molar-refractivity contribution in [1.29, 1.82) is 0 Å². The van der Waals surface area contributed by atoms with E-state index in [9.17, 15) is 22.8 Å². The van der Waals surface area contributed by atoms with Crippen LogP contribution in [0.3, 0.4) is 0 Å². The van der Waals surface area contributed by atoms with E-state index in [1.807, 2.05) is 13.8 Å². The Labute approximate surface area is 232 Å². The van der Waals surface area contributed by atoms with Crippen molar-refractivity contribution in [1.82, 2.24) is 14.1 Å². The number of fused-ring (bicyclic) bond motifs is 1. The number of thiophene rings is 1. The quantitative estimate of drug-likeness (QED) is 0.510. The Morgan fingerprint density at radius 3 is 2.33 bits per heavy atom. The largest absolute Gasteiger partial charge is 0.450 e. The average Bonchev–Trinajstić information content (AvgIpc) is 3.31. The van der Waals surface area contributed by atoms with Crippen molar-refractivity contribution in [3.63, 3.8) is 0 Å². The van der Waals surface area contributed by atoms with E-state index in [0.717, 1.165) is 10.4 Å². The maximum absolute atomic E-state index is 13.5. The molecule has 1 aromatic carbocycles. The summed E-state index contributed by atoms with van der Waals surface area (Å²) in [5.41, 5.74) is 1.54. The summed E-state index contributed by atoms with van der Waals surface area (Å²) in [7, 11) is -3.68. The van der Waals surface area contributed by atoms with Crippen molar-refractivity contribution < 1.29 is 32.3 Å². The summed E-state index contributed by atoms with van der Waals surface area (Å²) < 4.78 is 37.6. The van der Waals surface area contributed by atoms with Gasteiger partial charge >= 0.3 is 6.09 Å². The van der Waals surface area contributed by atoms with Crippen molar-refractivity contribution >= 4 is 44.3 Å². The average molecular weight is 579 g/mol. The van der Waals surface area contributed by atoms with Gasteiger partial charge in [0.2, 0.25) is 10.0 Å². The van der Waals surface area contributed by atoms with Crippen LogP contribution in [0.5, 0.6) is 0 Å². The highest BCUT2D eigenvalue weighted by Crippen LogP contribution is 2.38. The van der Waals surface area contributed by atoms with Gasteiger partial charge < -0.3 is 24.6 Å². The van der Waals surface area contributed by atoms with Gasteiger partial charge in [0.1, 0.15) is 5.00 Å². The Morgan fingerprint density at radius 2 is 1.72 bits per heavy atom. The molecule has 0 spiro atoms. The van der Waals surface area contributed by atoms with E-state index in [2.05, 4.69) is 5.32 Å². The zero-order chi connectivity index (χ0) is 28.2. The molecule has 0 saturated carbocycles. The van der Waals surface area contributed by atoms with Gasteiger partial charge in [-0.3, -0.25) is 9.59 Å². The molecule has 3 amide bonds. The zero-order valence-electron chi connectivity index (χ0n) is 22.4. The summed E-state index contributed by atoms with van der Waals surface area (Å²) in [6.45, 7) is 8.80. The Hall–Kier alpha value is -3.00. The first-order valence-electron chi connectivity index (χ1n) is 13.1. The number of nitrogens with zero attached hydrogens (tertiary/aromatic N) is 3. The maximum Gasteiger partial charge on any atom is 0.410 e. The predicted molar refractivity (Wildman–Crippen MR) is 147 cm³/mol. The van der Waals surface area contributed by atoms with Crippen LogP contribution in [-0.2, 0) is 32.5 Å². The minimum absolute atomic E-state index is 0.101. The number of benzene rings is 1. The second kappa shape index (κ2) is 12.5. The Balaban J connectivity index is 1.59. The van der Waals surface area contributed by atoms with E-state index in [1.54, 1.807) is 16.7 Å². The van der Waals surface area contributed by atoms with Crippen LogP contribution in [0.15, 0.2) is 29.2 Å². The van der Waals surface area contributed by atoms with E-state index in [1.165, 1.54) is 39.9 Å². The van der Waals surface area contributed by atoms with E-state index >= 15 is 0 Å². The van der Waals surface area contributed by atoms with Crippen molar-refractivity contribution in [3.8, 4) is 0 Å². The number of hydrogen-bond donors (Lipinski definition) is 1. The lowest BCUT2D eigenvalue weighted by Crippen LogP contribution is -2.40. The van der Waals surface area contributed by atoms with Crippen molar-refractivity contribution in [2.75, 3.05) is 57.9 Å². The number of amides is 3. The highest BCUT2D eigenvalue weighted by atomic mass is 32.2. The standard InChI is InChI=1S/C26H34N4O7S2/c1-4-28(5-2)25(32)22-20-11-12-29(26(33)37-6-3)17-21(20)38-24(22)27-23(31)18-7-9-19(10-8-18)39(34,35)30-13-15-36-16-14-30/h7-10H,4-6,11-17H2,1-3H3,(H,27,31). The molecule has 0 aliphatic carbocycles. The number of nitrogens with one attached hydrogen (secondary N) is 1. The first-order valence-corrected chi connectivity index (χ1v) is 15.3. The minimum Gasteiger partial charge on any atom is -0.450 e. The number of morpholine rings is 1. The number of sulfonamides is 1. The molecule has 2 aromatic rings. The lowest BCUT2D eigenvalue weighted by atomic mass is 10.0. The van der Waals surface area contributed by atoms with Gasteiger partial charge in [-0.1, -0.05) is 0 Å². The lowest BCUT2D eigenvalue weighted by Gasteiger charge is -2.27. The fourth-order valence-corrected chi connectivity index (χ4v) is 7.31. The molecule has 13 heteroatoms. The third kappa shape index (κ3) is 6.11. The number of hydrogen-bond acceptors (Lipinski definition) is 8. The van der Waals surface area contributed by atoms with Gasteiger partial charge in [-0.05, 0) is 57.0 Å². The van der Waals surface area contributed by atoms with Gasteiger partial charge in [-0.15, -0.1) is 11.3 Å². The van der Waals surface area contributed by atoms with Crippen LogP contribution in [0.2, 0.25) is 0 Å². The minimum atomic E-state index is -3.68. The van der Waals surface area contributed by atoms with Gasteiger partial charge in [0, 0.05) is 43.2 Å². The summed E-state index contributed by atoms with van der Waals surface area (Å²) in [6, 6.07) is 5.76. The van der Waals surface area contributed by atoms with Crippen LogP contribution in [0.1, 0.15) is 51.9 Å². The summed E-state index contributed by atoms with van der Waals surface area (Å²) in [5, 5.41) is 3.29. The van der Waals surface area contributed by atoms with Crippen LogP contribution in [0, 0.1) is 0 Å². The predicted octanol–water partition coefficient (Wildman–Crippen LogP) is 3.02. The summed E-state index contributed by atoms with van der Waals surface area (Å²) in [4.78, 5) is 43.3. The van der Waals surface area contributed by atoms with Crippen LogP contribution < -0.4 is 5.32 Å². The van der Waals surface area contributed by atoms with Crippen LogP contribution in [0.4, 0.5) is 9.80 Å². The molecule has 39 heavy (non-hydrogen) atoms. The Kier molecular flexibility index (Phi) is 9.26. The van der Waals surface area contributed by atoms with Gasteiger partial charge in [-0.2, -0.15) is 4.31 Å². The number of rotatable bonds is 8. The van der Waals surface area contributed by atoms with Crippen LogP contribution in [0.25, 0.3) is 0 Å². The van der Waals surface area contributed by atoms with Gasteiger partial charge in [0.15, 0.2) is 0 Å². The molecule has 1 saturated heterocycles. The van der Waals surface area contributed by atoms with E-state index in [0.29, 0.717) is 56.4 Å². The lowest BCUT2D eigenvalue weighted by molar-refractivity contribution is 0.0730. The summed E-state index contributed by atoms with van der Waals surface area (Å²) >= 11 is 1.27. The number of carbonyl (C=O) groups is 3. The molecule has 1 aromatic heterocycles. The normalized spacial score (nSPS) is 15.9. The number of anilines is 1. The molecule has 0 radical (unpaired) electrons. The molecule has 11 nitrogen and oxygen atoms in total. The fourth-order valence-electron chi connectivity index (χ4n) is 4.65. The number of ether oxygens (including phenoxy) is 2. The zero-order valence-corrected chi connectivity index (χ0v) is 24.0. The van der Waals surface area contributed by atoms with Gasteiger partial charge in [-0.25, -0.2) is 13.2 Å². The molecule has 3 heterocycles. The van der Waals surface area contributed by atoms with E-state index in [-0.39, 0.29) is 36.1 Å². The second-order valence-corrected chi connectivity index (χ2v) is 12.1. The van der Waals surface area contributed by atoms with Crippen molar-refractivity contribution in [2.45, 2.75) is 38.6 Å². The SMILES string of the molecule is CCOC(=O)N1CCc2c(sc(NC(=O)c3ccc(S(=O)(=O)N4CCOCC4)cc3)c2C(=O)N(CC)CC)C1. The third-order valence-electron chi connectivity index (χ3n) is 6.80. The molecule has 0 unspecified atom stereocenters. The molecule has 0 bridgehead atoms. The Bertz CT molecular complexity index is 1310. The monoisotopic (exact) mass is 578 g/mol. The number of carbonyl (C=O) groups excluding carboxylic acids is 3. The topological polar surface area (TPSA) is 126 Å². The Morgan fingerprint density at radius 1 is 1.05 bits per heavy atom. The van der Waals surface area contributed by atoms with Crippen molar-refractivity contribution in [3.05, 3.63) is 45.8 Å². The van der Waals surface area contributed by atoms with E-state index in [4.69, 9.17) is 9.47 Å². The molecular formula is C26H34N4O7S2. The molecule has 2 aliphatic rings. The highest BCUT2D eigenvalue weighted by Gasteiger charge is 2.32. The second-order valence-electron chi connectivity index (χ2n) is 9.05. The maximum atomic E-state index is 13.5. The molecule has 2 aliphatic heterocycles. The smallest absolute Gasteiger partial charge is 0.410 e. The van der Waals surface area contributed by atoms with Gasteiger partial charge in [0.05, 0.1) is 36.8 Å². The molecule has 4 rings (SSSR count). The summed E-state index contributed by atoms with van der Waals surface area (Å²) in [5.74, 6) is -0.635. The highest BCUT2D eigenvalue weighted by molar-refractivity contribution is 7.89. The third-order valence-corrected chi connectivity index (χ3v) is 9.84. The molecule has 0 atom stereocenters. The molecule has 1 fully saturated rings. The first-order chi connectivity index (χ1) is 18.7. The first kappa shape index (κ1) is 29.0. The van der Waals surface area contributed by atoms with Crippen LogP contribution in [-0.4, -0.2) is 93.0 Å². The molecular weight excluding hydrogens is 544 g/mol. The molecule has 212 valence electrons.